The zero-order valence-corrected chi connectivity index (χ0v) is 10.1. The number of non-ortho nitro benzene ring substituents is 1. The third-order valence-electron chi connectivity index (χ3n) is 2.15. The highest BCUT2D eigenvalue weighted by Crippen LogP contribution is 2.27. The first-order valence-electron chi connectivity index (χ1n) is 5.12. The molecule has 0 aliphatic rings. The molecule has 1 unspecified atom stereocenters. The van der Waals surface area contributed by atoms with Crippen molar-refractivity contribution in [2.24, 2.45) is 0 Å². The van der Waals surface area contributed by atoms with Crippen LogP contribution in [0.25, 0.3) is 0 Å². The summed E-state index contributed by atoms with van der Waals surface area (Å²) in [4.78, 5) is 21.3. The van der Waals surface area contributed by atoms with Gasteiger partial charge in [0.1, 0.15) is 0 Å². The van der Waals surface area contributed by atoms with Gasteiger partial charge in [0.05, 0.1) is 4.92 Å². The van der Waals surface area contributed by atoms with Crippen LogP contribution in [0.5, 0.6) is 0 Å². The summed E-state index contributed by atoms with van der Waals surface area (Å²) in [6, 6.07) is 6.26. The number of aliphatic carboxylic acids is 1. The summed E-state index contributed by atoms with van der Waals surface area (Å²) in [5, 5.41) is 19.2. The van der Waals surface area contributed by atoms with E-state index in [0.29, 0.717) is 6.42 Å². The number of carbonyl (C=O) groups is 1. The van der Waals surface area contributed by atoms with Gasteiger partial charge in [0, 0.05) is 28.7 Å². The molecule has 6 heteroatoms. The minimum atomic E-state index is -0.804. The fourth-order valence-corrected chi connectivity index (χ4v) is 2.26. The Morgan fingerprint density at radius 3 is 2.53 bits per heavy atom. The third kappa shape index (κ3) is 4.86. The number of thioether (sulfide) groups is 1. The molecule has 0 amide bonds. The maximum absolute atomic E-state index is 10.4. The van der Waals surface area contributed by atoms with E-state index in [1.807, 2.05) is 6.92 Å². The van der Waals surface area contributed by atoms with Crippen LogP contribution in [0.3, 0.4) is 0 Å². The van der Waals surface area contributed by atoms with E-state index in [9.17, 15) is 14.9 Å². The molecule has 1 aromatic carbocycles. The van der Waals surface area contributed by atoms with E-state index >= 15 is 0 Å². The number of hydrogen-bond donors (Lipinski definition) is 1. The molecule has 0 bridgehead atoms. The average Bonchev–Trinajstić information content (AvgIpc) is 2.27. The third-order valence-corrected chi connectivity index (χ3v) is 3.33. The van der Waals surface area contributed by atoms with Crippen LogP contribution >= 0.6 is 11.8 Å². The van der Waals surface area contributed by atoms with Crippen molar-refractivity contribution in [1.82, 2.24) is 0 Å². The highest BCUT2D eigenvalue weighted by molar-refractivity contribution is 7.99. The van der Waals surface area contributed by atoms with Gasteiger partial charge in [-0.2, -0.15) is 0 Å². The van der Waals surface area contributed by atoms with Gasteiger partial charge in [0.25, 0.3) is 5.69 Å². The van der Waals surface area contributed by atoms with E-state index in [0.717, 1.165) is 4.90 Å². The van der Waals surface area contributed by atoms with Crippen LogP contribution in [-0.2, 0) is 4.79 Å². The largest absolute Gasteiger partial charge is 0.481 e. The summed E-state index contributed by atoms with van der Waals surface area (Å²) < 4.78 is 0. The number of hydrogen-bond acceptors (Lipinski definition) is 4. The normalized spacial score (nSPS) is 12.1. The Labute approximate surface area is 103 Å². The van der Waals surface area contributed by atoms with E-state index < -0.39 is 10.9 Å². The second kappa shape index (κ2) is 6.24. The smallest absolute Gasteiger partial charge is 0.303 e. The number of nitro groups is 1. The monoisotopic (exact) mass is 255 g/mol. The van der Waals surface area contributed by atoms with Crippen molar-refractivity contribution >= 4 is 23.4 Å². The predicted molar refractivity (Wildman–Crippen MR) is 65.3 cm³/mol. The van der Waals surface area contributed by atoms with Gasteiger partial charge in [-0.3, -0.25) is 14.9 Å². The Morgan fingerprint density at radius 1 is 1.47 bits per heavy atom. The van der Waals surface area contributed by atoms with E-state index in [2.05, 4.69) is 0 Å². The highest BCUT2D eigenvalue weighted by atomic mass is 32.2. The van der Waals surface area contributed by atoms with Crippen LogP contribution in [0.2, 0.25) is 0 Å². The second-order valence-electron chi connectivity index (χ2n) is 3.61. The zero-order valence-electron chi connectivity index (χ0n) is 9.33. The minimum absolute atomic E-state index is 0.0625. The molecule has 0 spiro atoms. The Morgan fingerprint density at radius 2 is 2.06 bits per heavy atom. The van der Waals surface area contributed by atoms with Crippen LogP contribution in [0, 0.1) is 10.1 Å². The molecule has 1 rings (SSSR count). The van der Waals surface area contributed by atoms with Crippen molar-refractivity contribution < 1.29 is 14.8 Å². The van der Waals surface area contributed by atoms with Crippen LogP contribution in [-0.4, -0.2) is 21.2 Å². The van der Waals surface area contributed by atoms with Gasteiger partial charge in [-0.15, -0.1) is 11.8 Å². The second-order valence-corrected chi connectivity index (χ2v) is 5.12. The zero-order chi connectivity index (χ0) is 12.8. The molecule has 1 N–H and O–H groups in total. The lowest BCUT2D eigenvalue weighted by atomic mass is 10.2. The van der Waals surface area contributed by atoms with E-state index in [4.69, 9.17) is 5.11 Å². The molecule has 1 aromatic rings. The van der Waals surface area contributed by atoms with Gasteiger partial charge in [-0.1, -0.05) is 6.92 Å². The van der Waals surface area contributed by atoms with Crippen molar-refractivity contribution in [3.05, 3.63) is 34.4 Å². The first kappa shape index (κ1) is 13.5. The van der Waals surface area contributed by atoms with Gasteiger partial charge in [0.2, 0.25) is 0 Å². The summed E-state index contributed by atoms with van der Waals surface area (Å²) in [7, 11) is 0. The van der Waals surface area contributed by atoms with Crippen LogP contribution in [0.1, 0.15) is 19.8 Å². The van der Waals surface area contributed by atoms with Crippen molar-refractivity contribution in [1.29, 1.82) is 0 Å². The summed E-state index contributed by atoms with van der Waals surface area (Å²) in [6.45, 7) is 1.94. The quantitative estimate of drug-likeness (QED) is 0.480. The molecule has 0 saturated carbocycles. The highest BCUT2D eigenvalue weighted by Gasteiger charge is 2.09. The first-order valence-corrected chi connectivity index (χ1v) is 6.00. The molecule has 17 heavy (non-hydrogen) atoms. The van der Waals surface area contributed by atoms with Crippen LogP contribution in [0.4, 0.5) is 5.69 Å². The Hall–Kier alpha value is -1.56. The molecule has 0 heterocycles. The van der Waals surface area contributed by atoms with Crippen LogP contribution < -0.4 is 0 Å². The molecular formula is C11H13NO4S. The number of carboxylic acids is 1. The maximum Gasteiger partial charge on any atom is 0.303 e. The fourth-order valence-electron chi connectivity index (χ4n) is 1.26. The molecule has 0 saturated heterocycles. The lowest BCUT2D eigenvalue weighted by Crippen LogP contribution is -2.02. The lowest BCUT2D eigenvalue weighted by molar-refractivity contribution is -0.384. The van der Waals surface area contributed by atoms with Crippen molar-refractivity contribution in [2.75, 3.05) is 0 Å². The van der Waals surface area contributed by atoms with E-state index in [-0.39, 0.29) is 17.4 Å². The van der Waals surface area contributed by atoms with E-state index in [1.165, 1.54) is 23.9 Å². The summed E-state index contributed by atoms with van der Waals surface area (Å²) in [5.41, 5.74) is 0.0625. The van der Waals surface area contributed by atoms with E-state index in [1.54, 1.807) is 12.1 Å². The molecule has 0 aliphatic carbocycles. The minimum Gasteiger partial charge on any atom is -0.481 e. The number of nitrogens with zero attached hydrogens (tertiary/aromatic N) is 1. The molecule has 1 atom stereocenters. The van der Waals surface area contributed by atoms with Gasteiger partial charge in [-0.05, 0) is 18.6 Å². The number of carboxylic acid groups (broad SMARTS) is 1. The Kier molecular flexibility index (Phi) is 4.96. The van der Waals surface area contributed by atoms with Crippen molar-refractivity contribution in [2.45, 2.75) is 29.9 Å². The van der Waals surface area contributed by atoms with Gasteiger partial charge in [-0.25, -0.2) is 0 Å². The summed E-state index contributed by atoms with van der Waals surface area (Å²) in [5.74, 6) is -0.804. The first-order chi connectivity index (χ1) is 7.99. The van der Waals surface area contributed by atoms with Gasteiger partial charge in [0.15, 0.2) is 0 Å². The number of rotatable bonds is 6. The topological polar surface area (TPSA) is 80.4 Å². The molecule has 0 aromatic heterocycles. The standard InChI is InChI=1S/C11H13NO4S/c1-8(2-7-11(13)14)17-10-5-3-9(4-6-10)12(15)16/h3-6,8H,2,7H2,1H3,(H,13,14). The Balaban J connectivity index is 2.51. The fraction of sp³-hybridized carbons (Fsp3) is 0.364. The number of nitro benzene ring substituents is 1. The SMILES string of the molecule is CC(CCC(=O)O)Sc1ccc([N+](=O)[O-])cc1. The predicted octanol–water partition coefficient (Wildman–Crippen LogP) is 2.94. The molecule has 5 nitrogen and oxygen atoms in total. The average molecular weight is 255 g/mol. The Bertz CT molecular complexity index is 404. The lowest BCUT2D eigenvalue weighted by Gasteiger charge is -2.09. The molecule has 0 aliphatic heterocycles. The molecule has 0 fully saturated rings. The maximum atomic E-state index is 10.4. The summed E-state index contributed by atoms with van der Waals surface area (Å²) >= 11 is 1.52. The van der Waals surface area contributed by atoms with Gasteiger partial charge >= 0.3 is 5.97 Å². The van der Waals surface area contributed by atoms with Crippen LogP contribution in [0.15, 0.2) is 29.2 Å². The van der Waals surface area contributed by atoms with Crippen molar-refractivity contribution in [3.8, 4) is 0 Å². The number of benzene rings is 1. The summed E-state index contributed by atoms with van der Waals surface area (Å²) in [6.07, 6.45) is 0.720. The molecule has 0 radical (unpaired) electrons. The van der Waals surface area contributed by atoms with Gasteiger partial charge < -0.3 is 5.11 Å². The molecule has 92 valence electrons. The molecular weight excluding hydrogens is 242 g/mol. The van der Waals surface area contributed by atoms with Crippen molar-refractivity contribution in [3.63, 3.8) is 0 Å².